The molecular weight excluding hydrogens is 400 g/mol. The average Bonchev–Trinajstić information content (AvgIpc) is 3.11. The van der Waals surface area contributed by atoms with Crippen LogP contribution in [0, 0.1) is 13.8 Å². The van der Waals surface area contributed by atoms with Crippen molar-refractivity contribution >= 4 is 5.91 Å². The summed E-state index contributed by atoms with van der Waals surface area (Å²) in [6, 6.07) is 18.5. The van der Waals surface area contributed by atoms with E-state index in [0.717, 1.165) is 55.5 Å². The van der Waals surface area contributed by atoms with Gasteiger partial charge in [-0.3, -0.25) is 9.69 Å². The molecule has 0 spiro atoms. The molecule has 0 bridgehead atoms. The van der Waals surface area contributed by atoms with Crippen LogP contribution in [0.3, 0.4) is 0 Å². The number of nitrogens with one attached hydrogen (secondary N) is 1. The van der Waals surface area contributed by atoms with Crippen molar-refractivity contribution in [3.63, 3.8) is 0 Å². The maximum absolute atomic E-state index is 12.6. The maximum Gasteiger partial charge on any atom is 0.220 e. The first-order valence-corrected chi connectivity index (χ1v) is 11.4. The smallest absolute Gasteiger partial charge is 0.220 e. The number of aromatic nitrogens is 2. The van der Waals surface area contributed by atoms with Gasteiger partial charge in [0.05, 0.1) is 24.6 Å². The molecule has 4 rings (SSSR count). The summed E-state index contributed by atoms with van der Waals surface area (Å²) in [7, 11) is 0. The van der Waals surface area contributed by atoms with Crippen LogP contribution < -0.4 is 5.32 Å². The first-order chi connectivity index (χ1) is 15.6. The Morgan fingerprint density at radius 3 is 2.44 bits per heavy atom. The van der Waals surface area contributed by atoms with Crippen molar-refractivity contribution in [2.24, 2.45) is 0 Å². The second-order valence-electron chi connectivity index (χ2n) is 8.33. The van der Waals surface area contributed by atoms with Gasteiger partial charge in [0, 0.05) is 38.3 Å². The Morgan fingerprint density at radius 2 is 1.69 bits per heavy atom. The van der Waals surface area contributed by atoms with Crippen LogP contribution >= 0.6 is 0 Å². The minimum absolute atomic E-state index is 0.0671. The van der Waals surface area contributed by atoms with E-state index in [0.29, 0.717) is 19.4 Å². The van der Waals surface area contributed by atoms with Crippen molar-refractivity contribution in [2.75, 3.05) is 26.3 Å². The van der Waals surface area contributed by atoms with E-state index >= 15 is 0 Å². The fourth-order valence-corrected chi connectivity index (χ4v) is 4.26. The van der Waals surface area contributed by atoms with Gasteiger partial charge in [-0.1, -0.05) is 42.5 Å². The fraction of sp³-hybridized carbons (Fsp3) is 0.385. The molecule has 6 nitrogen and oxygen atoms in total. The molecule has 0 radical (unpaired) electrons. The number of hydrogen-bond acceptors (Lipinski definition) is 4. The molecule has 0 saturated carbocycles. The molecule has 6 heteroatoms. The molecule has 1 amide bonds. The molecule has 0 aliphatic carbocycles. The molecule has 0 atom stereocenters. The highest BCUT2D eigenvalue weighted by molar-refractivity contribution is 5.76. The topological polar surface area (TPSA) is 59.4 Å². The zero-order chi connectivity index (χ0) is 22.3. The highest BCUT2D eigenvalue weighted by atomic mass is 16.5. The second-order valence-corrected chi connectivity index (χ2v) is 8.33. The van der Waals surface area contributed by atoms with Crippen molar-refractivity contribution in [1.82, 2.24) is 20.0 Å². The SMILES string of the molecule is Cc1nn(-c2ccccc2)c(C)c1CCC(=O)NCc1ccccc1CN1CCOCC1. The Hall–Kier alpha value is -2.96. The third kappa shape index (κ3) is 5.44. The van der Waals surface area contributed by atoms with Crippen LogP contribution in [-0.2, 0) is 29.0 Å². The van der Waals surface area contributed by atoms with Gasteiger partial charge in [0.15, 0.2) is 0 Å². The number of para-hydroxylation sites is 1. The first kappa shape index (κ1) is 22.2. The third-order valence-corrected chi connectivity index (χ3v) is 6.14. The van der Waals surface area contributed by atoms with Crippen LogP contribution in [0.15, 0.2) is 54.6 Å². The highest BCUT2D eigenvalue weighted by Crippen LogP contribution is 2.19. The molecule has 0 unspecified atom stereocenters. The van der Waals surface area contributed by atoms with Gasteiger partial charge >= 0.3 is 0 Å². The lowest BCUT2D eigenvalue weighted by Crippen LogP contribution is -2.36. The molecule has 1 aromatic heterocycles. The fourth-order valence-electron chi connectivity index (χ4n) is 4.26. The summed E-state index contributed by atoms with van der Waals surface area (Å²) in [5, 5.41) is 7.81. The minimum atomic E-state index is 0.0671. The highest BCUT2D eigenvalue weighted by Gasteiger charge is 2.15. The van der Waals surface area contributed by atoms with E-state index in [2.05, 4.69) is 35.3 Å². The van der Waals surface area contributed by atoms with Gasteiger partial charge in [-0.15, -0.1) is 0 Å². The number of nitrogens with zero attached hydrogens (tertiary/aromatic N) is 3. The average molecular weight is 433 g/mol. The lowest BCUT2D eigenvalue weighted by molar-refractivity contribution is -0.121. The van der Waals surface area contributed by atoms with Gasteiger partial charge in [0.1, 0.15) is 0 Å². The molecule has 168 valence electrons. The summed E-state index contributed by atoms with van der Waals surface area (Å²) in [6.07, 6.45) is 1.14. The summed E-state index contributed by atoms with van der Waals surface area (Å²) in [6.45, 7) is 9.03. The largest absolute Gasteiger partial charge is 0.379 e. The van der Waals surface area contributed by atoms with Crippen LogP contribution in [-0.4, -0.2) is 46.9 Å². The van der Waals surface area contributed by atoms with Gasteiger partial charge in [-0.05, 0) is 49.1 Å². The predicted molar refractivity (Wildman–Crippen MR) is 126 cm³/mol. The third-order valence-electron chi connectivity index (χ3n) is 6.14. The maximum atomic E-state index is 12.6. The summed E-state index contributed by atoms with van der Waals surface area (Å²) >= 11 is 0. The van der Waals surface area contributed by atoms with Gasteiger partial charge in [0.25, 0.3) is 0 Å². The molecule has 1 saturated heterocycles. The quantitative estimate of drug-likeness (QED) is 0.591. The number of rotatable bonds is 8. The number of hydrogen-bond donors (Lipinski definition) is 1. The Kier molecular flexibility index (Phi) is 7.35. The van der Waals surface area contributed by atoms with Crippen LogP contribution in [0.4, 0.5) is 0 Å². The number of benzene rings is 2. The van der Waals surface area contributed by atoms with Gasteiger partial charge in [-0.25, -0.2) is 4.68 Å². The number of ether oxygens (including phenoxy) is 1. The number of carbonyl (C=O) groups excluding carboxylic acids is 1. The minimum Gasteiger partial charge on any atom is -0.379 e. The van der Waals surface area contributed by atoms with Crippen molar-refractivity contribution in [3.8, 4) is 5.69 Å². The van der Waals surface area contributed by atoms with Crippen molar-refractivity contribution in [3.05, 3.63) is 82.7 Å². The summed E-state index contributed by atoms with van der Waals surface area (Å²) in [5.74, 6) is 0.0671. The van der Waals surface area contributed by atoms with Crippen LogP contribution in [0.2, 0.25) is 0 Å². The molecule has 1 fully saturated rings. The van der Waals surface area contributed by atoms with E-state index in [1.807, 2.05) is 48.0 Å². The standard InChI is InChI=1S/C26H32N4O2/c1-20-25(21(2)30(28-20)24-10-4-3-5-11-24)12-13-26(31)27-18-22-8-6-7-9-23(22)19-29-14-16-32-17-15-29/h3-11H,12-19H2,1-2H3,(H,27,31). The van der Waals surface area contributed by atoms with Crippen LogP contribution in [0.25, 0.3) is 5.69 Å². The Labute approximate surface area is 190 Å². The number of aryl methyl sites for hydroxylation is 1. The number of carbonyl (C=O) groups is 1. The van der Waals surface area contributed by atoms with Crippen molar-refractivity contribution < 1.29 is 9.53 Å². The van der Waals surface area contributed by atoms with E-state index < -0.39 is 0 Å². The zero-order valence-electron chi connectivity index (χ0n) is 19.0. The Balaban J connectivity index is 1.33. The molecule has 32 heavy (non-hydrogen) atoms. The molecule has 2 aromatic carbocycles. The summed E-state index contributed by atoms with van der Waals surface area (Å²) in [4.78, 5) is 15.0. The first-order valence-electron chi connectivity index (χ1n) is 11.4. The van der Waals surface area contributed by atoms with Gasteiger partial charge in [0.2, 0.25) is 5.91 Å². The van der Waals surface area contributed by atoms with Crippen LogP contribution in [0.5, 0.6) is 0 Å². The summed E-state index contributed by atoms with van der Waals surface area (Å²) in [5.41, 5.74) is 6.71. The Bertz CT molecular complexity index is 1040. The second kappa shape index (κ2) is 10.6. The number of morpholine rings is 1. The van der Waals surface area contributed by atoms with Crippen LogP contribution in [0.1, 0.15) is 34.5 Å². The molecule has 1 aliphatic rings. The van der Waals surface area contributed by atoms with Gasteiger partial charge in [-0.2, -0.15) is 5.10 Å². The van der Waals surface area contributed by atoms with E-state index in [9.17, 15) is 4.79 Å². The summed E-state index contributed by atoms with van der Waals surface area (Å²) < 4.78 is 7.41. The molecule has 3 aromatic rings. The number of amides is 1. The molecular formula is C26H32N4O2. The lowest BCUT2D eigenvalue weighted by Gasteiger charge is -2.27. The van der Waals surface area contributed by atoms with E-state index in [4.69, 9.17) is 9.84 Å². The normalized spacial score (nSPS) is 14.4. The molecule has 1 aliphatic heterocycles. The monoisotopic (exact) mass is 432 g/mol. The molecule has 2 heterocycles. The zero-order valence-corrected chi connectivity index (χ0v) is 19.0. The van der Waals surface area contributed by atoms with Gasteiger partial charge < -0.3 is 10.1 Å². The van der Waals surface area contributed by atoms with Crippen molar-refractivity contribution in [1.29, 1.82) is 0 Å². The van der Waals surface area contributed by atoms with E-state index in [1.54, 1.807) is 0 Å². The molecule has 1 N–H and O–H groups in total. The Morgan fingerprint density at radius 1 is 1.00 bits per heavy atom. The van der Waals surface area contributed by atoms with E-state index in [1.165, 1.54) is 11.1 Å². The predicted octanol–water partition coefficient (Wildman–Crippen LogP) is 3.57. The lowest BCUT2D eigenvalue weighted by atomic mass is 10.1. The van der Waals surface area contributed by atoms with E-state index in [-0.39, 0.29) is 5.91 Å². The van der Waals surface area contributed by atoms with Crippen molar-refractivity contribution in [2.45, 2.75) is 39.8 Å².